The molecule has 2 heterocycles. The molecule has 1 amide bonds. The first-order chi connectivity index (χ1) is 12.6. The lowest BCUT2D eigenvalue weighted by molar-refractivity contribution is 0.0944. The van der Waals surface area contributed by atoms with E-state index in [0.29, 0.717) is 12.2 Å². The van der Waals surface area contributed by atoms with Gasteiger partial charge in [0.05, 0.1) is 4.47 Å². The van der Waals surface area contributed by atoms with E-state index in [2.05, 4.69) is 66.4 Å². The minimum atomic E-state index is -0.174. The lowest BCUT2D eigenvalue weighted by atomic mass is 10.1. The van der Waals surface area contributed by atoms with E-state index in [1.165, 1.54) is 5.56 Å². The van der Waals surface area contributed by atoms with Crippen LogP contribution in [0.4, 0.5) is 0 Å². The number of carbonyl (C=O) groups is 1. The van der Waals surface area contributed by atoms with Crippen LogP contribution >= 0.6 is 15.9 Å². The molecule has 0 unspecified atom stereocenters. The van der Waals surface area contributed by atoms with E-state index in [0.717, 1.165) is 55.0 Å². The topological polar surface area (TPSA) is 64.3 Å². The molecule has 1 aromatic carbocycles. The molecule has 0 spiro atoms. The van der Waals surface area contributed by atoms with Crippen LogP contribution in [-0.4, -0.2) is 58.6 Å². The first-order valence-electron chi connectivity index (χ1n) is 9.08. The Labute approximate surface area is 163 Å². The Morgan fingerprint density at radius 2 is 1.85 bits per heavy atom. The second kappa shape index (κ2) is 8.79. The van der Waals surface area contributed by atoms with Gasteiger partial charge in [0.25, 0.3) is 5.91 Å². The van der Waals surface area contributed by atoms with Gasteiger partial charge in [0, 0.05) is 45.0 Å². The Bertz CT molecular complexity index is 752. The van der Waals surface area contributed by atoms with E-state index in [1.54, 1.807) is 0 Å². The molecule has 26 heavy (non-hydrogen) atoms. The van der Waals surface area contributed by atoms with E-state index in [1.807, 2.05) is 13.0 Å². The molecule has 0 aliphatic carbocycles. The summed E-state index contributed by atoms with van der Waals surface area (Å²) in [6.45, 7) is 11.1. The third-order valence-corrected chi connectivity index (χ3v) is 5.92. The van der Waals surface area contributed by atoms with Crippen LogP contribution in [0.3, 0.4) is 0 Å². The SMILES string of the molecule is CCN1CCN(Cc2ccccc2CNC(=O)c2n[nH]c(C)c2Br)CC1. The van der Waals surface area contributed by atoms with Gasteiger partial charge in [0.1, 0.15) is 0 Å². The van der Waals surface area contributed by atoms with Crippen molar-refractivity contribution in [1.29, 1.82) is 0 Å². The third-order valence-electron chi connectivity index (χ3n) is 4.95. The van der Waals surface area contributed by atoms with E-state index in [-0.39, 0.29) is 5.91 Å². The predicted molar refractivity (Wildman–Crippen MR) is 106 cm³/mol. The quantitative estimate of drug-likeness (QED) is 0.754. The lowest BCUT2D eigenvalue weighted by Crippen LogP contribution is -2.45. The number of aromatic nitrogens is 2. The van der Waals surface area contributed by atoms with Gasteiger partial charge in [-0.2, -0.15) is 5.10 Å². The fourth-order valence-corrected chi connectivity index (χ4v) is 3.57. The van der Waals surface area contributed by atoms with Crippen LogP contribution in [0.2, 0.25) is 0 Å². The molecule has 6 nitrogen and oxygen atoms in total. The molecule has 140 valence electrons. The summed E-state index contributed by atoms with van der Waals surface area (Å²) in [5.41, 5.74) is 3.68. The van der Waals surface area contributed by atoms with E-state index in [9.17, 15) is 4.79 Å². The number of H-pyrrole nitrogens is 1. The van der Waals surface area contributed by atoms with Crippen LogP contribution in [-0.2, 0) is 13.1 Å². The third kappa shape index (κ3) is 4.52. The smallest absolute Gasteiger partial charge is 0.273 e. The summed E-state index contributed by atoms with van der Waals surface area (Å²) in [4.78, 5) is 17.3. The van der Waals surface area contributed by atoms with E-state index < -0.39 is 0 Å². The Morgan fingerprint density at radius 3 is 2.46 bits per heavy atom. The summed E-state index contributed by atoms with van der Waals surface area (Å²) in [5.74, 6) is -0.174. The molecule has 2 N–H and O–H groups in total. The van der Waals surface area contributed by atoms with Crippen LogP contribution in [0, 0.1) is 6.92 Å². The maximum absolute atomic E-state index is 12.4. The number of halogens is 1. The molecular formula is C19H26BrN5O. The number of nitrogens with zero attached hydrogens (tertiary/aromatic N) is 3. The number of benzene rings is 1. The zero-order valence-electron chi connectivity index (χ0n) is 15.4. The average molecular weight is 420 g/mol. The van der Waals surface area contributed by atoms with Crippen molar-refractivity contribution >= 4 is 21.8 Å². The zero-order valence-corrected chi connectivity index (χ0v) is 17.0. The number of aryl methyl sites for hydroxylation is 1. The Balaban J connectivity index is 1.60. The fourth-order valence-electron chi connectivity index (χ4n) is 3.21. The number of piperazine rings is 1. The Morgan fingerprint density at radius 1 is 1.19 bits per heavy atom. The highest BCUT2D eigenvalue weighted by molar-refractivity contribution is 9.10. The number of aromatic amines is 1. The first kappa shape index (κ1) is 19.1. The number of rotatable bonds is 6. The zero-order chi connectivity index (χ0) is 18.5. The number of amides is 1. The molecule has 0 bridgehead atoms. The maximum atomic E-state index is 12.4. The summed E-state index contributed by atoms with van der Waals surface area (Å²) in [6.07, 6.45) is 0. The van der Waals surface area contributed by atoms with Gasteiger partial charge in [-0.1, -0.05) is 31.2 Å². The fraction of sp³-hybridized carbons (Fsp3) is 0.474. The van der Waals surface area contributed by atoms with Crippen molar-refractivity contribution < 1.29 is 4.79 Å². The summed E-state index contributed by atoms with van der Waals surface area (Å²) >= 11 is 3.40. The summed E-state index contributed by atoms with van der Waals surface area (Å²) in [5, 5.41) is 9.87. The van der Waals surface area contributed by atoms with Crippen molar-refractivity contribution in [3.8, 4) is 0 Å². The first-order valence-corrected chi connectivity index (χ1v) is 9.88. The molecule has 0 radical (unpaired) electrons. The van der Waals surface area contributed by atoms with Crippen molar-refractivity contribution in [2.45, 2.75) is 26.9 Å². The summed E-state index contributed by atoms with van der Waals surface area (Å²) in [7, 11) is 0. The van der Waals surface area contributed by atoms with Crippen molar-refractivity contribution in [2.24, 2.45) is 0 Å². The second-order valence-corrected chi connectivity index (χ2v) is 7.47. The van der Waals surface area contributed by atoms with Crippen molar-refractivity contribution in [2.75, 3.05) is 32.7 Å². The van der Waals surface area contributed by atoms with Gasteiger partial charge in [-0.15, -0.1) is 0 Å². The van der Waals surface area contributed by atoms with Gasteiger partial charge in [0.2, 0.25) is 0 Å². The van der Waals surface area contributed by atoms with Gasteiger partial charge in [-0.3, -0.25) is 14.8 Å². The Kier molecular flexibility index (Phi) is 6.45. The number of nitrogens with one attached hydrogen (secondary N) is 2. The highest BCUT2D eigenvalue weighted by Gasteiger charge is 2.18. The van der Waals surface area contributed by atoms with Gasteiger partial charge < -0.3 is 10.2 Å². The van der Waals surface area contributed by atoms with E-state index >= 15 is 0 Å². The largest absolute Gasteiger partial charge is 0.347 e. The van der Waals surface area contributed by atoms with Crippen LogP contribution < -0.4 is 5.32 Å². The van der Waals surface area contributed by atoms with Crippen molar-refractivity contribution in [3.63, 3.8) is 0 Å². The van der Waals surface area contributed by atoms with Crippen molar-refractivity contribution in [1.82, 2.24) is 25.3 Å². The molecular weight excluding hydrogens is 394 g/mol. The van der Waals surface area contributed by atoms with Crippen molar-refractivity contribution in [3.05, 3.63) is 51.3 Å². The van der Waals surface area contributed by atoms with E-state index in [4.69, 9.17) is 0 Å². The molecule has 1 aromatic heterocycles. The lowest BCUT2D eigenvalue weighted by Gasteiger charge is -2.34. The minimum absolute atomic E-state index is 0.174. The molecule has 1 aliphatic heterocycles. The number of hydrogen-bond acceptors (Lipinski definition) is 4. The van der Waals surface area contributed by atoms with Crippen LogP contribution in [0.25, 0.3) is 0 Å². The molecule has 7 heteroatoms. The minimum Gasteiger partial charge on any atom is -0.347 e. The normalized spacial score (nSPS) is 16.0. The Hall–Kier alpha value is -1.70. The monoisotopic (exact) mass is 419 g/mol. The highest BCUT2D eigenvalue weighted by Crippen LogP contribution is 2.18. The molecule has 1 fully saturated rings. The number of carbonyl (C=O) groups excluding carboxylic acids is 1. The predicted octanol–water partition coefficient (Wildman–Crippen LogP) is 2.55. The molecule has 3 rings (SSSR count). The van der Waals surface area contributed by atoms with Crippen LogP contribution in [0.15, 0.2) is 28.7 Å². The molecule has 1 aliphatic rings. The number of hydrogen-bond donors (Lipinski definition) is 2. The molecule has 2 aromatic rings. The van der Waals surface area contributed by atoms with Gasteiger partial charge in [-0.25, -0.2) is 0 Å². The van der Waals surface area contributed by atoms with Gasteiger partial charge in [0.15, 0.2) is 5.69 Å². The average Bonchev–Trinajstić information content (AvgIpc) is 3.00. The number of likely N-dealkylation sites (N-methyl/N-ethyl adjacent to an activating group) is 1. The molecule has 0 atom stereocenters. The summed E-state index contributed by atoms with van der Waals surface area (Å²) in [6, 6.07) is 8.33. The molecule has 0 saturated carbocycles. The maximum Gasteiger partial charge on any atom is 0.273 e. The molecule has 1 saturated heterocycles. The highest BCUT2D eigenvalue weighted by atomic mass is 79.9. The van der Waals surface area contributed by atoms with Crippen LogP contribution in [0.1, 0.15) is 34.2 Å². The van der Waals surface area contributed by atoms with Crippen LogP contribution in [0.5, 0.6) is 0 Å². The standard InChI is InChI=1S/C19H26BrN5O/c1-3-24-8-10-25(11-9-24)13-16-7-5-4-6-15(16)12-21-19(26)18-17(20)14(2)22-23-18/h4-7H,3,8-13H2,1-2H3,(H,21,26)(H,22,23). The summed E-state index contributed by atoms with van der Waals surface area (Å²) < 4.78 is 0.720. The van der Waals surface area contributed by atoms with Gasteiger partial charge >= 0.3 is 0 Å². The second-order valence-electron chi connectivity index (χ2n) is 6.67. The van der Waals surface area contributed by atoms with Gasteiger partial charge in [-0.05, 0) is 40.5 Å².